The minimum atomic E-state index is -0.171. The molecule has 7 heteroatoms. The summed E-state index contributed by atoms with van der Waals surface area (Å²) < 4.78 is 0. The molecule has 1 aliphatic carbocycles. The third-order valence-electron chi connectivity index (χ3n) is 7.99. The van der Waals surface area contributed by atoms with Crippen molar-refractivity contribution < 1.29 is 5.11 Å². The molecule has 3 N–H and O–H groups in total. The standard InChI is InChI=1S/C27H40N6O/c1-3-4-18(2)30-27-29-16-24(26(32-27)31-20-6-12-23(34)13-7-20)25-14-5-19(15-28-25)17-33-21-8-9-22(33)11-10-21/h5,14-16,18,20-23,34H,3-4,6-13,17H2,1-2H3,(H2,29,30,31,32)/t18-,20-,21?,22?,23-/m0/s1. The van der Waals surface area contributed by atoms with Crippen LogP contribution in [0, 0.1) is 0 Å². The Balaban J connectivity index is 1.34. The van der Waals surface area contributed by atoms with Gasteiger partial charge in [0.15, 0.2) is 0 Å². The van der Waals surface area contributed by atoms with E-state index < -0.39 is 0 Å². The summed E-state index contributed by atoms with van der Waals surface area (Å²) in [5, 5.41) is 17.0. The summed E-state index contributed by atoms with van der Waals surface area (Å²) in [6, 6.07) is 6.52. The first-order valence-electron chi connectivity index (χ1n) is 13.4. The topological polar surface area (TPSA) is 86.2 Å². The van der Waals surface area contributed by atoms with E-state index in [0.29, 0.717) is 18.0 Å². The Morgan fingerprint density at radius 3 is 2.38 bits per heavy atom. The molecule has 3 aliphatic rings. The summed E-state index contributed by atoms with van der Waals surface area (Å²) in [7, 11) is 0. The number of aliphatic hydroxyl groups excluding tert-OH is 1. The normalized spacial score (nSPS) is 27.6. The summed E-state index contributed by atoms with van der Waals surface area (Å²) in [4.78, 5) is 17.0. The van der Waals surface area contributed by atoms with Crippen LogP contribution in [-0.2, 0) is 6.54 Å². The zero-order valence-corrected chi connectivity index (χ0v) is 20.7. The van der Waals surface area contributed by atoms with Crippen molar-refractivity contribution in [3.8, 4) is 11.3 Å². The summed E-state index contributed by atoms with van der Waals surface area (Å²) in [5.74, 6) is 1.49. The van der Waals surface area contributed by atoms with E-state index in [4.69, 9.17) is 9.97 Å². The quantitative estimate of drug-likeness (QED) is 0.482. The Hall–Kier alpha value is -2.25. The van der Waals surface area contributed by atoms with Crippen LogP contribution < -0.4 is 10.6 Å². The van der Waals surface area contributed by atoms with E-state index in [9.17, 15) is 5.11 Å². The van der Waals surface area contributed by atoms with E-state index in [1.54, 1.807) is 0 Å². The molecule has 184 valence electrons. The minimum Gasteiger partial charge on any atom is -0.393 e. The second-order valence-electron chi connectivity index (χ2n) is 10.6. The molecule has 34 heavy (non-hydrogen) atoms. The Bertz CT molecular complexity index is 923. The number of hydrogen-bond donors (Lipinski definition) is 3. The lowest BCUT2D eigenvalue weighted by Crippen LogP contribution is -2.29. The van der Waals surface area contributed by atoms with Crippen molar-refractivity contribution in [2.75, 3.05) is 10.6 Å². The van der Waals surface area contributed by atoms with Crippen LogP contribution in [0.2, 0.25) is 0 Å². The van der Waals surface area contributed by atoms with Crippen molar-refractivity contribution in [1.29, 1.82) is 0 Å². The lowest BCUT2D eigenvalue weighted by atomic mass is 9.93. The van der Waals surface area contributed by atoms with Crippen LogP contribution in [0.1, 0.15) is 83.6 Å². The van der Waals surface area contributed by atoms with Crippen molar-refractivity contribution in [1.82, 2.24) is 19.9 Å². The second kappa shape index (κ2) is 10.6. The highest BCUT2D eigenvalue weighted by Gasteiger charge is 2.38. The summed E-state index contributed by atoms with van der Waals surface area (Å²) >= 11 is 0. The number of nitrogens with zero attached hydrogens (tertiary/aromatic N) is 4. The Morgan fingerprint density at radius 2 is 1.74 bits per heavy atom. The number of aliphatic hydroxyl groups is 1. The van der Waals surface area contributed by atoms with E-state index in [1.165, 1.54) is 31.2 Å². The summed E-state index contributed by atoms with van der Waals surface area (Å²) in [6.07, 6.45) is 15.0. The lowest BCUT2D eigenvalue weighted by molar-refractivity contribution is 0.126. The van der Waals surface area contributed by atoms with Gasteiger partial charge in [-0.05, 0) is 76.3 Å². The highest BCUT2D eigenvalue weighted by atomic mass is 16.3. The van der Waals surface area contributed by atoms with Crippen LogP contribution in [0.25, 0.3) is 11.3 Å². The van der Waals surface area contributed by atoms with Gasteiger partial charge < -0.3 is 15.7 Å². The van der Waals surface area contributed by atoms with E-state index >= 15 is 0 Å². The van der Waals surface area contributed by atoms with Crippen LogP contribution in [0.3, 0.4) is 0 Å². The number of anilines is 2. The maximum absolute atomic E-state index is 9.91. The molecule has 2 aromatic heterocycles. The number of nitrogens with one attached hydrogen (secondary N) is 2. The van der Waals surface area contributed by atoms with Crippen LogP contribution in [0.5, 0.6) is 0 Å². The molecule has 0 spiro atoms. The Morgan fingerprint density at radius 1 is 1.00 bits per heavy atom. The lowest BCUT2D eigenvalue weighted by Gasteiger charge is -2.27. The van der Waals surface area contributed by atoms with Gasteiger partial charge in [-0.2, -0.15) is 4.98 Å². The van der Waals surface area contributed by atoms with E-state index in [1.807, 2.05) is 12.4 Å². The molecular formula is C27H40N6O. The van der Waals surface area contributed by atoms with Gasteiger partial charge in [0.05, 0.1) is 17.4 Å². The van der Waals surface area contributed by atoms with Gasteiger partial charge in [0, 0.05) is 43.1 Å². The third-order valence-corrected chi connectivity index (χ3v) is 7.99. The summed E-state index contributed by atoms with van der Waals surface area (Å²) in [5.41, 5.74) is 3.12. The number of pyridine rings is 1. The maximum Gasteiger partial charge on any atom is 0.224 e. The Labute approximate surface area is 203 Å². The van der Waals surface area contributed by atoms with Crippen LogP contribution in [0.15, 0.2) is 24.5 Å². The molecule has 0 aromatic carbocycles. The van der Waals surface area contributed by atoms with Gasteiger partial charge in [0.1, 0.15) is 5.82 Å². The van der Waals surface area contributed by atoms with Gasteiger partial charge >= 0.3 is 0 Å². The van der Waals surface area contributed by atoms with Gasteiger partial charge in [-0.1, -0.05) is 19.4 Å². The molecule has 1 saturated carbocycles. The molecule has 3 fully saturated rings. The Kier molecular flexibility index (Phi) is 7.30. The molecule has 7 nitrogen and oxygen atoms in total. The molecule has 2 bridgehead atoms. The van der Waals surface area contributed by atoms with Gasteiger partial charge in [0.25, 0.3) is 0 Å². The molecule has 1 atom stereocenters. The minimum absolute atomic E-state index is 0.171. The maximum atomic E-state index is 9.91. The highest BCUT2D eigenvalue weighted by molar-refractivity contribution is 5.73. The highest BCUT2D eigenvalue weighted by Crippen LogP contribution is 2.38. The van der Waals surface area contributed by atoms with E-state index in [-0.39, 0.29) is 6.10 Å². The molecule has 0 unspecified atom stereocenters. The molecule has 0 radical (unpaired) electrons. The van der Waals surface area contributed by atoms with Crippen molar-refractivity contribution in [2.45, 2.75) is 115 Å². The fourth-order valence-corrected chi connectivity index (χ4v) is 6.05. The number of rotatable bonds is 9. The SMILES string of the molecule is CCC[C@H](C)Nc1ncc(-c2ccc(CN3C4CCC3CC4)cn2)c(N[C@H]2CC[C@H](O)CC2)n1. The van der Waals surface area contributed by atoms with Gasteiger partial charge in [-0.15, -0.1) is 0 Å². The molecule has 2 saturated heterocycles. The molecular weight excluding hydrogens is 424 g/mol. The van der Waals surface area contributed by atoms with Crippen molar-refractivity contribution in [3.05, 3.63) is 30.1 Å². The van der Waals surface area contributed by atoms with Crippen LogP contribution in [-0.4, -0.2) is 55.2 Å². The van der Waals surface area contributed by atoms with Gasteiger partial charge in [-0.25, -0.2) is 4.98 Å². The number of hydrogen-bond acceptors (Lipinski definition) is 7. The first-order chi connectivity index (χ1) is 16.6. The molecule has 2 aliphatic heterocycles. The van der Waals surface area contributed by atoms with Crippen molar-refractivity contribution in [2.24, 2.45) is 0 Å². The first kappa shape index (κ1) is 23.5. The smallest absolute Gasteiger partial charge is 0.224 e. The zero-order valence-electron chi connectivity index (χ0n) is 20.7. The van der Waals surface area contributed by atoms with Crippen LogP contribution >= 0.6 is 0 Å². The van der Waals surface area contributed by atoms with Crippen molar-refractivity contribution in [3.63, 3.8) is 0 Å². The van der Waals surface area contributed by atoms with E-state index in [2.05, 4.69) is 46.5 Å². The predicted molar refractivity (Wildman–Crippen MR) is 137 cm³/mol. The number of fused-ring (bicyclic) bond motifs is 2. The largest absolute Gasteiger partial charge is 0.393 e. The molecule has 2 aromatic rings. The second-order valence-corrected chi connectivity index (χ2v) is 10.6. The monoisotopic (exact) mass is 464 g/mol. The predicted octanol–water partition coefficient (Wildman–Crippen LogP) is 4.98. The van der Waals surface area contributed by atoms with Crippen LogP contribution in [0.4, 0.5) is 11.8 Å². The number of aromatic nitrogens is 3. The third kappa shape index (κ3) is 5.36. The summed E-state index contributed by atoms with van der Waals surface area (Å²) in [6.45, 7) is 5.37. The molecule has 4 heterocycles. The van der Waals surface area contributed by atoms with E-state index in [0.717, 1.165) is 74.2 Å². The average Bonchev–Trinajstić information content (AvgIpc) is 3.40. The first-order valence-corrected chi connectivity index (χ1v) is 13.4. The average molecular weight is 465 g/mol. The zero-order chi connectivity index (χ0) is 23.5. The molecule has 0 amide bonds. The fraction of sp³-hybridized carbons (Fsp3) is 0.667. The van der Waals surface area contributed by atoms with Gasteiger partial charge in [0.2, 0.25) is 5.95 Å². The van der Waals surface area contributed by atoms with Gasteiger partial charge in [-0.3, -0.25) is 9.88 Å². The fourth-order valence-electron chi connectivity index (χ4n) is 6.05. The molecule has 5 rings (SSSR count). The van der Waals surface area contributed by atoms with Crippen molar-refractivity contribution >= 4 is 11.8 Å².